The number of rotatable bonds is 3. The van der Waals surface area contributed by atoms with Crippen molar-refractivity contribution < 1.29 is 9.52 Å². The van der Waals surface area contributed by atoms with Crippen LogP contribution in [0.5, 0.6) is 0 Å². The summed E-state index contributed by atoms with van der Waals surface area (Å²) in [4.78, 5) is 14.7. The zero-order chi connectivity index (χ0) is 16.0. The molecule has 1 aliphatic carbocycles. The van der Waals surface area contributed by atoms with Crippen LogP contribution in [-0.4, -0.2) is 29.1 Å². The van der Waals surface area contributed by atoms with Crippen molar-refractivity contribution in [1.29, 1.82) is 0 Å². The van der Waals surface area contributed by atoms with Gasteiger partial charge < -0.3 is 10.1 Å². The molecule has 1 saturated heterocycles. The van der Waals surface area contributed by atoms with Crippen LogP contribution in [0.3, 0.4) is 0 Å². The maximum Gasteiger partial charge on any atom is 0.251 e. The van der Waals surface area contributed by atoms with Gasteiger partial charge in [0, 0.05) is 24.7 Å². The highest BCUT2D eigenvalue weighted by Crippen LogP contribution is 2.52. The Balaban J connectivity index is 1.65. The number of nitrogens with zero attached hydrogens (tertiary/aromatic N) is 2. The van der Waals surface area contributed by atoms with E-state index in [9.17, 15) is 10.0 Å². The Labute approximate surface area is 136 Å². The number of aromatic nitrogens is 1. The third-order valence-corrected chi connectivity index (χ3v) is 5.87. The first-order valence-electron chi connectivity index (χ1n) is 7.89. The summed E-state index contributed by atoms with van der Waals surface area (Å²) in [5, 5.41) is 12.2. The highest BCUT2D eigenvalue weighted by atomic mass is 32.2. The molecule has 0 aromatic carbocycles. The first-order chi connectivity index (χ1) is 10.3. The number of hydrogen-bond donors (Lipinski definition) is 0. The molecular formula is C17H24N2O2S. The van der Waals surface area contributed by atoms with Crippen molar-refractivity contribution in [3.63, 3.8) is 0 Å². The fourth-order valence-corrected chi connectivity index (χ4v) is 5.29. The Hall–Kier alpha value is -1.23. The van der Waals surface area contributed by atoms with Crippen LogP contribution in [0.25, 0.3) is 0 Å². The van der Waals surface area contributed by atoms with E-state index in [0.29, 0.717) is 22.2 Å². The van der Waals surface area contributed by atoms with Gasteiger partial charge in [-0.25, -0.2) is 0 Å². The summed E-state index contributed by atoms with van der Waals surface area (Å²) in [6.45, 7) is 7.80. The van der Waals surface area contributed by atoms with Crippen LogP contribution in [0.2, 0.25) is 0 Å². The lowest BCUT2D eigenvalue weighted by Crippen LogP contribution is -2.39. The molecule has 2 fully saturated rings. The van der Waals surface area contributed by atoms with Gasteiger partial charge in [-0.3, -0.25) is 4.79 Å². The molecule has 3 rings (SSSR count). The second kappa shape index (κ2) is 5.44. The number of fused-ring (bicyclic) bond motifs is 2. The summed E-state index contributed by atoms with van der Waals surface area (Å²) in [5.74, 6) is 0.513. The highest BCUT2D eigenvalue weighted by molar-refractivity contribution is 7.99. The van der Waals surface area contributed by atoms with E-state index in [1.807, 2.05) is 6.07 Å². The molecule has 2 aliphatic rings. The molecule has 0 N–H and O–H groups in total. The van der Waals surface area contributed by atoms with Gasteiger partial charge in [-0.2, -0.15) is 4.73 Å². The van der Waals surface area contributed by atoms with Crippen molar-refractivity contribution >= 4 is 17.7 Å². The van der Waals surface area contributed by atoms with Gasteiger partial charge in [0.25, 0.3) is 5.03 Å². The molecule has 2 heterocycles. The Morgan fingerprint density at radius 2 is 2.18 bits per heavy atom. The Morgan fingerprint density at radius 3 is 2.91 bits per heavy atom. The molecule has 1 aliphatic heterocycles. The van der Waals surface area contributed by atoms with E-state index in [1.165, 1.54) is 24.4 Å². The number of thioether (sulfide) groups is 1. The molecule has 2 atom stereocenters. The molecule has 0 spiro atoms. The predicted molar refractivity (Wildman–Crippen MR) is 87.4 cm³/mol. The van der Waals surface area contributed by atoms with Gasteiger partial charge in [0.15, 0.2) is 6.20 Å². The minimum atomic E-state index is 0.167. The number of pyridine rings is 1. The SMILES string of the molecule is CC1(C)CC2CC(C)(CN2C(=O)CSc2cccc[n+]2[O-])C1. The molecule has 22 heavy (non-hydrogen) atoms. The molecule has 5 heteroatoms. The lowest BCUT2D eigenvalue weighted by Gasteiger charge is -2.39. The third kappa shape index (κ3) is 3.09. The zero-order valence-corrected chi connectivity index (χ0v) is 14.4. The molecule has 0 radical (unpaired) electrons. The summed E-state index contributed by atoms with van der Waals surface area (Å²) in [6, 6.07) is 5.66. The highest BCUT2D eigenvalue weighted by Gasteiger charge is 2.50. The first kappa shape index (κ1) is 15.7. The van der Waals surface area contributed by atoms with Crippen molar-refractivity contribution in [3.8, 4) is 0 Å². The Bertz CT molecular complexity index is 590. The topological polar surface area (TPSA) is 47.2 Å². The molecule has 4 nitrogen and oxygen atoms in total. The number of amides is 1. The van der Waals surface area contributed by atoms with E-state index < -0.39 is 0 Å². The fourth-order valence-electron chi connectivity index (χ4n) is 4.49. The zero-order valence-electron chi connectivity index (χ0n) is 13.5. The monoisotopic (exact) mass is 320 g/mol. The standard InChI is InChI=1S/C17H24N2O2S/c1-16(2)8-13-9-17(3,11-16)12-18(13)14(20)10-22-15-6-4-5-7-19(15)21/h4-7,13H,8-12H2,1-3H3. The normalized spacial score (nSPS) is 29.6. The third-order valence-electron chi connectivity index (χ3n) is 4.87. The maximum absolute atomic E-state index is 12.6. The van der Waals surface area contributed by atoms with Crippen LogP contribution in [0.1, 0.15) is 40.0 Å². The fraction of sp³-hybridized carbons (Fsp3) is 0.647. The number of hydrogen-bond acceptors (Lipinski definition) is 3. The second-order valence-electron chi connectivity index (χ2n) is 7.89. The quantitative estimate of drug-likeness (QED) is 0.489. The van der Waals surface area contributed by atoms with Gasteiger partial charge >= 0.3 is 0 Å². The smallest absolute Gasteiger partial charge is 0.251 e. The van der Waals surface area contributed by atoms with E-state index in [4.69, 9.17) is 0 Å². The molecule has 1 aromatic heterocycles. The molecular weight excluding hydrogens is 296 g/mol. The minimum absolute atomic E-state index is 0.167. The number of carbonyl (C=O) groups excluding carboxylic acids is 1. The van der Waals surface area contributed by atoms with Crippen LogP contribution in [-0.2, 0) is 4.79 Å². The van der Waals surface area contributed by atoms with Crippen LogP contribution in [0, 0.1) is 16.0 Å². The van der Waals surface area contributed by atoms with Crippen LogP contribution in [0.15, 0.2) is 29.4 Å². The molecule has 1 aromatic rings. The summed E-state index contributed by atoms with van der Waals surface area (Å²) >= 11 is 1.33. The van der Waals surface area contributed by atoms with Crippen molar-refractivity contribution in [3.05, 3.63) is 29.6 Å². The van der Waals surface area contributed by atoms with Crippen LogP contribution in [0.4, 0.5) is 0 Å². The van der Waals surface area contributed by atoms with Crippen LogP contribution < -0.4 is 4.73 Å². The molecule has 120 valence electrons. The summed E-state index contributed by atoms with van der Waals surface area (Å²) in [7, 11) is 0. The largest absolute Gasteiger partial charge is 0.618 e. The number of likely N-dealkylation sites (tertiary alicyclic amines) is 1. The summed E-state index contributed by atoms with van der Waals surface area (Å²) in [5.41, 5.74) is 0.579. The van der Waals surface area contributed by atoms with E-state index >= 15 is 0 Å². The van der Waals surface area contributed by atoms with Gasteiger partial charge in [-0.1, -0.05) is 20.8 Å². The van der Waals surface area contributed by atoms with Gasteiger partial charge in [0.2, 0.25) is 5.91 Å². The lowest BCUT2D eigenvalue weighted by atomic mass is 9.65. The van der Waals surface area contributed by atoms with Gasteiger partial charge in [0.1, 0.15) is 0 Å². The lowest BCUT2D eigenvalue weighted by molar-refractivity contribution is -0.645. The molecule has 2 unspecified atom stereocenters. The van der Waals surface area contributed by atoms with Crippen molar-refractivity contribution in [2.24, 2.45) is 10.8 Å². The van der Waals surface area contributed by atoms with E-state index in [2.05, 4.69) is 25.7 Å². The van der Waals surface area contributed by atoms with E-state index in [0.717, 1.165) is 24.1 Å². The van der Waals surface area contributed by atoms with Crippen molar-refractivity contribution in [2.45, 2.75) is 51.1 Å². The maximum atomic E-state index is 12.6. The van der Waals surface area contributed by atoms with Crippen molar-refractivity contribution in [2.75, 3.05) is 12.3 Å². The molecule has 2 bridgehead atoms. The predicted octanol–water partition coefficient (Wildman–Crippen LogP) is 2.84. The van der Waals surface area contributed by atoms with Gasteiger partial charge in [0.05, 0.1) is 5.75 Å². The van der Waals surface area contributed by atoms with Crippen molar-refractivity contribution in [1.82, 2.24) is 4.90 Å². The minimum Gasteiger partial charge on any atom is -0.618 e. The Morgan fingerprint density at radius 1 is 1.41 bits per heavy atom. The second-order valence-corrected chi connectivity index (χ2v) is 8.88. The molecule has 1 saturated carbocycles. The van der Waals surface area contributed by atoms with Crippen LogP contribution >= 0.6 is 11.8 Å². The average Bonchev–Trinajstić information content (AvgIpc) is 2.67. The number of carbonyl (C=O) groups is 1. The van der Waals surface area contributed by atoms with E-state index in [-0.39, 0.29) is 11.3 Å². The van der Waals surface area contributed by atoms with E-state index in [1.54, 1.807) is 12.1 Å². The average molecular weight is 320 g/mol. The first-order valence-corrected chi connectivity index (χ1v) is 8.87. The Kier molecular flexibility index (Phi) is 3.87. The summed E-state index contributed by atoms with van der Waals surface area (Å²) < 4.78 is 0.824. The van der Waals surface area contributed by atoms with Gasteiger partial charge in [-0.05, 0) is 47.9 Å². The molecule has 1 amide bonds. The summed E-state index contributed by atoms with van der Waals surface area (Å²) in [6.07, 6.45) is 4.87. The van der Waals surface area contributed by atoms with Gasteiger partial charge in [-0.15, -0.1) is 0 Å².